The Kier molecular flexibility index (Phi) is 5.25. The zero-order valence-corrected chi connectivity index (χ0v) is 13.3. The summed E-state index contributed by atoms with van der Waals surface area (Å²) in [6, 6.07) is 16.3. The van der Waals surface area contributed by atoms with Crippen LogP contribution in [0.3, 0.4) is 0 Å². The monoisotopic (exact) mass is 309 g/mol. The Morgan fingerprint density at radius 2 is 2.00 bits per heavy atom. The molecule has 1 aliphatic heterocycles. The van der Waals surface area contributed by atoms with E-state index >= 15 is 0 Å². The molecule has 1 amide bonds. The molecule has 4 heteroatoms. The van der Waals surface area contributed by atoms with Crippen molar-refractivity contribution in [2.24, 2.45) is 0 Å². The Bertz CT molecular complexity index is 615. The molecule has 1 N–H and O–H groups in total. The van der Waals surface area contributed by atoms with E-state index in [0.29, 0.717) is 6.42 Å². The SMILES string of the molecule is O=C(CCc1ccccc1)NC1CCCN(c2ccccn2)C1. The molecule has 1 aromatic heterocycles. The van der Waals surface area contributed by atoms with Crippen LogP contribution in [0.4, 0.5) is 5.82 Å². The zero-order valence-electron chi connectivity index (χ0n) is 13.3. The van der Waals surface area contributed by atoms with Crippen molar-refractivity contribution in [2.75, 3.05) is 18.0 Å². The first-order valence-corrected chi connectivity index (χ1v) is 8.30. The maximum absolute atomic E-state index is 12.2. The number of benzene rings is 1. The minimum atomic E-state index is 0.140. The number of anilines is 1. The highest BCUT2D eigenvalue weighted by atomic mass is 16.1. The molecule has 120 valence electrons. The molecule has 23 heavy (non-hydrogen) atoms. The molecule has 2 heterocycles. The van der Waals surface area contributed by atoms with Crippen LogP contribution in [0.2, 0.25) is 0 Å². The molecule has 1 aliphatic rings. The molecule has 4 nitrogen and oxygen atoms in total. The molecule has 1 saturated heterocycles. The van der Waals surface area contributed by atoms with E-state index in [4.69, 9.17) is 0 Å². The van der Waals surface area contributed by atoms with Crippen LogP contribution < -0.4 is 10.2 Å². The Morgan fingerprint density at radius 3 is 2.78 bits per heavy atom. The molecule has 3 rings (SSSR count). The predicted octanol–water partition coefficient (Wildman–Crippen LogP) is 2.80. The maximum Gasteiger partial charge on any atom is 0.220 e. The van der Waals surface area contributed by atoms with Crippen molar-refractivity contribution in [2.45, 2.75) is 31.7 Å². The molecule has 0 saturated carbocycles. The van der Waals surface area contributed by atoms with E-state index in [9.17, 15) is 4.79 Å². The Balaban J connectivity index is 1.48. The number of rotatable bonds is 5. The fraction of sp³-hybridized carbons (Fsp3) is 0.368. The predicted molar refractivity (Wildman–Crippen MR) is 92.4 cm³/mol. The van der Waals surface area contributed by atoms with Gasteiger partial charge in [-0.2, -0.15) is 0 Å². The molecule has 2 aromatic rings. The van der Waals surface area contributed by atoms with Crippen LogP contribution in [0, 0.1) is 0 Å². The molecule has 1 fully saturated rings. The average molecular weight is 309 g/mol. The molecule has 1 unspecified atom stereocenters. The number of aryl methyl sites for hydroxylation is 1. The number of hydrogen-bond donors (Lipinski definition) is 1. The molecular formula is C19H23N3O. The summed E-state index contributed by atoms with van der Waals surface area (Å²) in [6.07, 6.45) is 5.28. The van der Waals surface area contributed by atoms with Crippen molar-refractivity contribution in [3.63, 3.8) is 0 Å². The van der Waals surface area contributed by atoms with Gasteiger partial charge in [-0.05, 0) is 37.0 Å². The second-order valence-electron chi connectivity index (χ2n) is 6.03. The third kappa shape index (κ3) is 4.55. The van der Waals surface area contributed by atoms with Crippen LogP contribution in [0.5, 0.6) is 0 Å². The van der Waals surface area contributed by atoms with Gasteiger partial charge in [0.05, 0.1) is 0 Å². The van der Waals surface area contributed by atoms with Gasteiger partial charge in [0, 0.05) is 31.7 Å². The van der Waals surface area contributed by atoms with Gasteiger partial charge in [0.2, 0.25) is 5.91 Å². The largest absolute Gasteiger partial charge is 0.355 e. The summed E-state index contributed by atoms with van der Waals surface area (Å²) in [7, 11) is 0. The van der Waals surface area contributed by atoms with Crippen molar-refractivity contribution < 1.29 is 4.79 Å². The van der Waals surface area contributed by atoms with Crippen molar-refractivity contribution in [1.29, 1.82) is 0 Å². The van der Waals surface area contributed by atoms with Gasteiger partial charge in [0.25, 0.3) is 0 Å². The van der Waals surface area contributed by atoms with Crippen LogP contribution in [0.15, 0.2) is 54.7 Å². The number of hydrogen-bond acceptors (Lipinski definition) is 3. The number of carbonyl (C=O) groups excluding carboxylic acids is 1. The molecular weight excluding hydrogens is 286 g/mol. The van der Waals surface area contributed by atoms with Gasteiger partial charge in [-0.15, -0.1) is 0 Å². The van der Waals surface area contributed by atoms with E-state index in [0.717, 1.165) is 38.2 Å². The minimum Gasteiger partial charge on any atom is -0.355 e. The Hall–Kier alpha value is -2.36. The van der Waals surface area contributed by atoms with Crippen molar-refractivity contribution >= 4 is 11.7 Å². The minimum absolute atomic E-state index is 0.140. The van der Waals surface area contributed by atoms with Gasteiger partial charge >= 0.3 is 0 Å². The van der Waals surface area contributed by atoms with Gasteiger partial charge in [-0.1, -0.05) is 36.4 Å². The van der Waals surface area contributed by atoms with Crippen molar-refractivity contribution in [1.82, 2.24) is 10.3 Å². The number of pyridine rings is 1. The van der Waals surface area contributed by atoms with Gasteiger partial charge < -0.3 is 10.2 Å². The molecule has 0 spiro atoms. The summed E-state index contributed by atoms with van der Waals surface area (Å²) in [4.78, 5) is 18.8. The third-order valence-electron chi connectivity index (χ3n) is 4.24. The second kappa shape index (κ2) is 7.77. The summed E-state index contributed by atoms with van der Waals surface area (Å²) < 4.78 is 0. The molecule has 1 aromatic carbocycles. The van der Waals surface area contributed by atoms with Crippen LogP contribution in [0.1, 0.15) is 24.8 Å². The Labute approximate surface area is 137 Å². The first-order chi connectivity index (χ1) is 11.3. The van der Waals surface area contributed by atoms with Crippen LogP contribution in [-0.2, 0) is 11.2 Å². The maximum atomic E-state index is 12.2. The summed E-state index contributed by atoms with van der Waals surface area (Å²) in [6.45, 7) is 1.85. The van der Waals surface area contributed by atoms with Gasteiger partial charge in [-0.3, -0.25) is 4.79 Å². The quantitative estimate of drug-likeness (QED) is 0.924. The van der Waals surface area contributed by atoms with E-state index in [1.54, 1.807) is 0 Å². The first-order valence-electron chi connectivity index (χ1n) is 8.30. The lowest BCUT2D eigenvalue weighted by Crippen LogP contribution is -2.48. The zero-order chi connectivity index (χ0) is 15.9. The van der Waals surface area contributed by atoms with Gasteiger partial charge in [0.15, 0.2) is 0 Å². The average Bonchev–Trinajstić information content (AvgIpc) is 2.62. The third-order valence-corrected chi connectivity index (χ3v) is 4.24. The highest BCUT2D eigenvalue weighted by Crippen LogP contribution is 2.17. The highest BCUT2D eigenvalue weighted by Gasteiger charge is 2.21. The standard InChI is InChI=1S/C19H23N3O/c23-19(12-11-16-7-2-1-3-8-16)21-17-9-6-14-22(15-17)18-10-4-5-13-20-18/h1-5,7-8,10,13,17H,6,9,11-12,14-15H2,(H,21,23). The number of carbonyl (C=O) groups is 1. The number of nitrogens with one attached hydrogen (secondary N) is 1. The summed E-state index contributed by atoms with van der Waals surface area (Å²) in [5.74, 6) is 1.14. The first kappa shape index (κ1) is 15.5. The fourth-order valence-corrected chi connectivity index (χ4v) is 3.05. The lowest BCUT2D eigenvalue weighted by molar-refractivity contribution is -0.121. The summed E-state index contributed by atoms with van der Waals surface area (Å²) in [5.41, 5.74) is 1.21. The fourth-order valence-electron chi connectivity index (χ4n) is 3.05. The van der Waals surface area contributed by atoms with Crippen molar-refractivity contribution in [3.05, 3.63) is 60.3 Å². The van der Waals surface area contributed by atoms with Gasteiger partial charge in [-0.25, -0.2) is 4.98 Å². The number of piperidine rings is 1. The lowest BCUT2D eigenvalue weighted by atomic mass is 10.0. The lowest BCUT2D eigenvalue weighted by Gasteiger charge is -2.34. The number of amides is 1. The second-order valence-corrected chi connectivity index (χ2v) is 6.03. The van der Waals surface area contributed by atoms with E-state index < -0.39 is 0 Å². The summed E-state index contributed by atoms with van der Waals surface area (Å²) >= 11 is 0. The number of nitrogens with zero attached hydrogens (tertiary/aromatic N) is 2. The molecule has 0 radical (unpaired) electrons. The Morgan fingerprint density at radius 1 is 1.17 bits per heavy atom. The van der Waals surface area contributed by atoms with E-state index in [-0.39, 0.29) is 11.9 Å². The molecule has 1 atom stereocenters. The van der Waals surface area contributed by atoms with Crippen LogP contribution in [-0.4, -0.2) is 30.0 Å². The van der Waals surface area contributed by atoms with Crippen LogP contribution in [0.25, 0.3) is 0 Å². The van der Waals surface area contributed by atoms with Crippen LogP contribution >= 0.6 is 0 Å². The van der Waals surface area contributed by atoms with E-state index in [1.807, 2.05) is 42.6 Å². The highest BCUT2D eigenvalue weighted by molar-refractivity contribution is 5.76. The van der Waals surface area contributed by atoms with Gasteiger partial charge in [0.1, 0.15) is 5.82 Å². The topological polar surface area (TPSA) is 45.2 Å². The van der Waals surface area contributed by atoms with E-state index in [2.05, 4.69) is 27.3 Å². The van der Waals surface area contributed by atoms with E-state index in [1.165, 1.54) is 5.56 Å². The normalized spacial score (nSPS) is 17.7. The molecule has 0 aliphatic carbocycles. The smallest absolute Gasteiger partial charge is 0.220 e. The molecule has 0 bridgehead atoms. The number of aromatic nitrogens is 1. The summed E-state index contributed by atoms with van der Waals surface area (Å²) in [5, 5.41) is 3.18. The van der Waals surface area contributed by atoms with Crippen molar-refractivity contribution in [3.8, 4) is 0 Å².